The summed E-state index contributed by atoms with van der Waals surface area (Å²) in [5, 5.41) is 6.51. The number of carbonyl (C=O) groups is 1. The maximum absolute atomic E-state index is 14.3. The molecule has 0 unspecified atom stereocenters. The van der Waals surface area contributed by atoms with Crippen molar-refractivity contribution in [2.45, 2.75) is 50.5 Å². The second-order valence-corrected chi connectivity index (χ2v) is 15.0. The fourth-order valence-electron chi connectivity index (χ4n) is 6.95. The lowest BCUT2D eigenvalue weighted by molar-refractivity contribution is -0.190. The molecule has 15 heteroatoms. The molecule has 4 heterocycles. The van der Waals surface area contributed by atoms with Gasteiger partial charge in [0.2, 0.25) is 5.79 Å². The number of hydrogen-bond donors (Lipinski definition) is 0. The first-order chi connectivity index (χ1) is 25.1. The molecule has 0 N–H and O–H groups in total. The highest BCUT2D eigenvalue weighted by molar-refractivity contribution is 6.34. The number of benzene rings is 3. The van der Waals surface area contributed by atoms with Gasteiger partial charge in [-0.05, 0) is 60.0 Å². The maximum Gasteiger partial charge on any atom is 0.320 e. The molecule has 0 saturated carbocycles. The minimum Gasteiger partial charge on any atom is -0.342 e. The lowest BCUT2D eigenvalue weighted by atomic mass is 10.1. The van der Waals surface area contributed by atoms with Gasteiger partial charge in [-0.1, -0.05) is 70.7 Å². The van der Waals surface area contributed by atoms with E-state index in [4.69, 9.17) is 55.9 Å². The zero-order chi connectivity index (χ0) is 36.2. The van der Waals surface area contributed by atoms with Crippen LogP contribution in [0, 0.1) is 0 Å². The molecule has 0 aliphatic carbocycles. The van der Waals surface area contributed by atoms with E-state index in [1.807, 2.05) is 76.1 Å². The van der Waals surface area contributed by atoms with Gasteiger partial charge in [-0.3, -0.25) is 4.90 Å². The van der Waals surface area contributed by atoms with Crippen molar-refractivity contribution in [3.63, 3.8) is 0 Å². The van der Waals surface area contributed by atoms with Gasteiger partial charge in [0.15, 0.2) is 0 Å². The van der Waals surface area contributed by atoms with Crippen LogP contribution in [0.15, 0.2) is 91.9 Å². The van der Waals surface area contributed by atoms with E-state index in [1.165, 1.54) is 6.33 Å². The first kappa shape index (κ1) is 36.7. The highest BCUT2D eigenvalue weighted by Crippen LogP contribution is 2.39. The van der Waals surface area contributed by atoms with Crippen molar-refractivity contribution in [3.05, 3.63) is 134 Å². The quantitative estimate of drug-likeness (QED) is 0.131. The molecule has 2 saturated heterocycles. The molecule has 11 nitrogen and oxygen atoms in total. The van der Waals surface area contributed by atoms with Crippen LogP contribution in [-0.4, -0.2) is 83.4 Å². The van der Waals surface area contributed by atoms with E-state index in [1.54, 1.807) is 35.5 Å². The standard InChI is InChI=1S/C37H38Cl4N8O3/c1-45-24-42-15-34(45)19-47(20-35-21-51-37(52-35,22-49-25-43-23-44-49)28-12-31(40)14-32(41)13-28)33-8-9-46(18-33)36(50)48(16-26-4-2-6-29(38)10-26)17-27-5-3-7-30(39)11-27/h2-7,10-15,23-25,33,35H,8-9,16-22H2,1H3/t33-,35-,37-/m1/s1. The molecule has 5 aromatic rings. The smallest absolute Gasteiger partial charge is 0.320 e. The normalized spacial score (nSPS) is 20.2. The number of carbonyl (C=O) groups excluding carboxylic acids is 1. The van der Waals surface area contributed by atoms with Crippen LogP contribution < -0.4 is 0 Å². The maximum atomic E-state index is 14.3. The number of aryl methyl sites for hydroxylation is 1. The van der Waals surface area contributed by atoms with Gasteiger partial charge in [-0.2, -0.15) is 5.10 Å². The summed E-state index contributed by atoms with van der Waals surface area (Å²) in [6, 6.07) is 20.5. The first-order valence-corrected chi connectivity index (χ1v) is 18.5. The van der Waals surface area contributed by atoms with Crippen molar-refractivity contribution in [1.82, 2.24) is 39.0 Å². The molecule has 2 amide bonds. The van der Waals surface area contributed by atoms with Crippen LogP contribution in [0.4, 0.5) is 4.79 Å². The summed E-state index contributed by atoms with van der Waals surface area (Å²) in [4.78, 5) is 29.0. The first-order valence-electron chi connectivity index (χ1n) is 17.0. The second kappa shape index (κ2) is 16.1. The average Bonchev–Trinajstić information content (AvgIpc) is 3.94. The number of rotatable bonds is 12. The van der Waals surface area contributed by atoms with Crippen LogP contribution in [-0.2, 0) is 48.5 Å². The Morgan fingerprint density at radius 3 is 2.23 bits per heavy atom. The molecule has 3 aromatic carbocycles. The lowest BCUT2D eigenvalue weighted by Crippen LogP contribution is -2.46. The monoisotopic (exact) mass is 782 g/mol. The zero-order valence-electron chi connectivity index (χ0n) is 28.5. The molecule has 52 heavy (non-hydrogen) atoms. The molecule has 7 rings (SSSR count). The van der Waals surface area contributed by atoms with Crippen LogP contribution in [0.3, 0.4) is 0 Å². The Hall–Kier alpha value is -3.68. The molecule has 2 aliphatic rings. The van der Waals surface area contributed by atoms with Crippen LogP contribution in [0.5, 0.6) is 0 Å². The molecule has 3 atom stereocenters. The van der Waals surface area contributed by atoms with Gasteiger partial charge in [0.25, 0.3) is 0 Å². The lowest BCUT2D eigenvalue weighted by Gasteiger charge is -2.33. The molecule has 0 radical (unpaired) electrons. The molecule has 2 aliphatic heterocycles. The largest absolute Gasteiger partial charge is 0.342 e. The summed E-state index contributed by atoms with van der Waals surface area (Å²) < 4.78 is 17.0. The Morgan fingerprint density at radius 2 is 1.62 bits per heavy atom. The molecule has 2 fully saturated rings. The SMILES string of the molecule is Cn1cncc1CN(C[C@@H]1CO[C@@](Cn2cncn2)(c2cc(Cl)cc(Cl)c2)O1)[C@@H]1CCN(C(=O)N(Cc2cccc(Cl)c2)Cc2cccc(Cl)c2)C1. The van der Waals surface area contributed by atoms with Crippen LogP contribution in [0.1, 0.15) is 28.8 Å². The van der Waals surface area contributed by atoms with E-state index in [0.29, 0.717) is 71.5 Å². The number of imidazole rings is 1. The van der Waals surface area contributed by atoms with Gasteiger partial charge < -0.3 is 23.8 Å². The highest BCUT2D eigenvalue weighted by atomic mass is 35.5. The predicted molar refractivity (Wildman–Crippen MR) is 200 cm³/mol. The third kappa shape index (κ3) is 8.74. The van der Waals surface area contributed by atoms with Crippen molar-refractivity contribution in [1.29, 1.82) is 0 Å². The number of halogens is 4. The van der Waals surface area contributed by atoms with Crippen molar-refractivity contribution >= 4 is 52.4 Å². The molecular formula is C37H38Cl4N8O3. The number of ether oxygens (including phenoxy) is 2. The van der Waals surface area contributed by atoms with E-state index in [9.17, 15) is 4.79 Å². The molecule has 0 spiro atoms. The number of hydrogen-bond acceptors (Lipinski definition) is 7. The van der Waals surface area contributed by atoms with E-state index in [-0.39, 0.29) is 24.7 Å². The molecule has 0 bridgehead atoms. The fourth-order valence-corrected chi connectivity index (χ4v) is 7.90. The van der Waals surface area contributed by atoms with Gasteiger partial charge in [0.05, 0.1) is 24.7 Å². The van der Waals surface area contributed by atoms with Gasteiger partial charge >= 0.3 is 6.03 Å². The van der Waals surface area contributed by atoms with Crippen LogP contribution in [0.25, 0.3) is 0 Å². The van der Waals surface area contributed by atoms with Gasteiger partial charge in [0.1, 0.15) is 19.2 Å². The Balaban J connectivity index is 1.11. The summed E-state index contributed by atoms with van der Waals surface area (Å²) in [5.74, 6) is -1.19. The number of urea groups is 1. The average molecular weight is 785 g/mol. The Bertz CT molecular complexity index is 1930. The number of nitrogens with zero attached hydrogens (tertiary/aromatic N) is 8. The number of aromatic nitrogens is 5. The predicted octanol–water partition coefficient (Wildman–Crippen LogP) is 7.29. The third-order valence-corrected chi connectivity index (χ3v) is 10.4. The summed E-state index contributed by atoms with van der Waals surface area (Å²) in [5.41, 5.74) is 3.64. The van der Waals surface area contributed by atoms with Crippen LogP contribution >= 0.6 is 46.4 Å². The van der Waals surface area contributed by atoms with E-state index < -0.39 is 5.79 Å². The minimum atomic E-state index is -1.19. The molecule has 272 valence electrons. The summed E-state index contributed by atoms with van der Waals surface area (Å²) in [7, 11) is 1.98. The van der Waals surface area contributed by atoms with Gasteiger partial charge in [-0.25, -0.2) is 19.4 Å². The zero-order valence-corrected chi connectivity index (χ0v) is 31.5. The van der Waals surface area contributed by atoms with Gasteiger partial charge in [-0.15, -0.1) is 0 Å². The molecule has 2 aromatic heterocycles. The highest BCUT2D eigenvalue weighted by Gasteiger charge is 2.46. The minimum absolute atomic E-state index is 0.0481. The van der Waals surface area contributed by atoms with E-state index in [2.05, 4.69) is 20.0 Å². The van der Waals surface area contributed by atoms with E-state index in [0.717, 1.165) is 23.2 Å². The Labute approximate surface area is 322 Å². The topological polar surface area (TPSA) is 93.8 Å². The number of likely N-dealkylation sites (tertiary alicyclic amines) is 1. The Morgan fingerprint density at radius 1 is 0.904 bits per heavy atom. The van der Waals surface area contributed by atoms with Crippen molar-refractivity contribution in [2.24, 2.45) is 7.05 Å². The Kier molecular flexibility index (Phi) is 11.4. The number of amides is 2. The van der Waals surface area contributed by atoms with Crippen molar-refractivity contribution in [2.75, 3.05) is 26.2 Å². The van der Waals surface area contributed by atoms with Crippen molar-refractivity contribution < 1.29 is 14.3 Å². The summed E-state index contributed by atoms with van der Waals surface area (Å²) >= 11 is 25.5. The van der Waals surface area contributed by atoms with Crippen LogP contribution in [0.2, 0.25) is 20.1 Å². The van der Waals surface area contributed by atoms with E-state index >= 15 is 0 Å². The second-order valence-electron chi connectivity index (χ2n) is 13.3. The summed E-state index contributed by atoms with van der Waals surface area (Å²) in [6.45, 7) is 3.68. The summed E-state index contributed by atoms with van der Waals surface area (Å²) in [6.07, 6.45) is 7.23. The third-order valence-electron chi connectivity index (χ3n) is 9.46. The van der Waals surface area contributed by atoms with Gasteiger partial charge in [0, 0.05) is 84.2 Å². The van der Waals surface area contributed by atoms with Crippen molar-refractivity contribution in [3.8, 4) is 0 Å². The molecular weight excluding hydrogens is 746 g/mol. The fraction of sp³-hybridized carbons (Fsp3) is 0.351.